The molecule has 8 heteroatoms. The molecule has 7 nitrogen and oxygen atoms in total. The molecule has 136 valence electrons. The van der Waals surface area contributed by atoms with Crippen LogP contribution in [0, 0.1) is 0 Å². The molecule has 2 heterocycles. The molecule has 0 atom stereocenters. The zero-order chi connectivity index (χ0) is 18.5. The number of nitrogens with zero attached hydrogens (tertiary/aromatic N) is 3. The Morgan fingerprint density at radius 3 is 2.81 bits per heavy atom. The second-order valence-electron chi connectivity index (χ2n) is 5.71. The van der Waals surface area contributed by atoms with E-state index in [9.17, 15) is 9.18 Å². The van der Waals surface area contributed by atoms with Gasteiger partial charge in [-0.3, -0.25) is 4.79 Å². The predicted octanol–water partition coefficient (Wildman–Crippen LogP) is 1.88. The van der Waals surface area contributed by atoms with Crippen LogP contribution in [-0.4, -0.2) is 42.7 Å². The number of fused-ring (bicyclic) bond motifs is 1. The third kappa shape index (κ3) is 3.65. The van der Waals surface area contributed by atoms with Crippen molar-refractivity contribution in [2.24, 2.45) is 5.73 Å². The maximum absolute atomic E-state index is 12.8. The van der Waals surface area contributed by atoms with Crippen LogP contribution in [-0.2, 0) is 6.42 Å². The highest BCUT2D eigenvalue weighted by Crippen LogP contribution is 2.27. The van der Waals surface area contributed by atoms with Gasteiger partial charge in [-0.15, -0.1) is 0 Å². The van der Waals surface area contributed by atoms with E-state index in [1.54, 1.807) is 29.4 Å². The highest BCUT2D eigenvalue weighted by Gasteiger charge is 2.26. The van der Waals surface area contributed by atoms with Gasteiger partial charge in [0.15, 0.2) is 0 Å². The van der Waals surface area contributed by atoms with E-state index in [1.807, 2.05) is 6.07 Å². The summed E-state index contributed by atoms with van der Waals surface area (Å²) in [6.07, 6.45) is 4.23. The zero-order valence-corrected chi connectivity index (χ0v) is 14.3. The van der Waals surface area contributed by atoms with Crippen molar-refractivity contribution in [2.75, 3.05) is 31.7 Å². The molecule has 0 aliphatic carbocycles. The first-order chi connectivity index (χ1) is 12.7. The van der Waals surface area contributed by atoms with Crippen molar-refractivity contribution in [1.82, 2.24) is 9.97 Å². The van der Waals surface area contributed by atoms with E-state index >= 15 is 0 Å². The number of anilines is 1. The summed E-state index contributed by atoms with van der Waals surface area (Å²) in [5.41, 5.74) is 7.87. The number of carbonyl (C=O) groups excluding carboxylic acids is 1. The number of amides is 1. The first kappa shape index (κ1) is 17.8. The lowest BCUT2D eigenvalue weighted by atomic mass is 9.98. The maximum Gasteiger partial charge on any atom is 0.316 e. The minimum atomic E-state index is -0.127. The highest BCUT2D eigenvalue weighted by molar-refractivity contribution is 6.08. The van der Waals surface area contributed by atoms with Crippen molar-refractivity contribution in [3.8, 4) is 11.8 Å². The molecule has 0 fully saturated rings. The lowest BCUT2D eigenvalue weighted by Crippen LogP contribution is -2.37. The van der Waals surface area contributed by atoms with Crippen molar-refractivity contribution >= 4 is 11.6 Å². The minimum absolute atomic E-state index is 0.0784. The third-order valence-electron chi connectivity index (χ3n) is 4.11. The molecule has 2 aromatic rings. The van der Waals surface area contributed by atoms with Crippen molar-refractivity contribution < 1.29 is 18.7 Å². The van der Waals surface area contributed by atoms with E-state index in [-0.39, 0.29) is 25.1 Å². The number of rotatable bonds is 6. The quantitative estimate of drug-likeness (QED) is 0.848. The van der Waals surface area contributed by atoms with Crippen molar-refractivity contribution in [3.63, 3.8) is 0 Å². The second-order valence-corrected chi connectivity index (χ2v) is 5.71. The number of hydrogen-bond donors (Lipinski definition) is 1. The van der Waals surface area contributed by atoms with E-state index in [2.05, 4.69) is 9.97 Å². The summed E-state index contributed by atoms with van der Waals surface area (Å²) in [6.45, 7) is 0.678. The van der Waals surface area contributed by atoms with E-state index in [1.165, 1.54) is 7.11 Å². The number of nitrogens with two attached hydrogens (primary N) is 1. The van der Waals surface area contributed by atoms with Gasteiger partial charge >= 0.3 is 6.01 Å². The number of hydrogen-bond acceptors (Lipinski definition) is 6. The smallest absolute Gasteiger partial charge is 0.316 e. The predicted molar refractivity (Wildman–Crippen MR) is 94.1 cm³/mol. The molecule has 1 aliphatic heterocycles. The number of carbonyl (C=O) groups is 1. The molecule has 3 rings (SSSR count). The Morgan fingerprint density at radius 1 is 1.38 bits per heavy atom. The van der Waals surface area contributed by atoms with Crippen LogP contribution in [0.5, 0.6) is 11.8 Å². The number of aromatic nitrogens is 2. The van der Waals surface area contributed by atoms with Gasteiger partial charge in [0.1, 0.15) is 12.4 Å². The second kappa shape index (κ2) is 7.92. The molecule has 0 spiro atoms. The molecule has 1 aliphatic rings. The zero-order valence-electron chi connectivity index (χ0n) is 14.3. The monoisotopic (exact) mass is 358 g/mol. The summed E-state index contributed by atoms with van der Waals surface area (Å²) < 4.78 is 23.0. The van der Waals surface area contributed by atoms with Gasteiger partial charge in [-0.25, -0.2) is 14.4 Å². The summed E-state index contributed by atoms with van der Waals surface area (Å²) >= 11 is 0. The van der Waals surface area contributed by atoms with Gasteiger partial charge in [0.2, 0.25) is 0 Å². The standard InChI is InChI=1S/C18H19FN4O3/c1-25-18-21-9-14(10-22-18)23-5-4-13-6-15(2-3-16(13)17(23)24)26-11-12(7-19)8-20/h2-3,6-7,9-10H,4-5,8,11,20H2,1H3/b12-7+. The first-order valence-corrected chi connectivity index (χ1v) is 8.08. The molecule has 2 N–H and O–H groups in total. The molecule has 1 amide bonds. The summed E-state index contributed by atoms with van der Waals surface area (Å²) in [6, 6.07) is 5.46. The van der Waals surface area contributed by atoms with Crippen molar-refractivity contribution in [3.05, 3.63) is 53.6 Å². The lowest BCUT2D eigenvalue weighted by molar-refractivity contribution is 0.0980. The molecule has 0 unspecified atom stereocenters. The minimum Gasteiger partial charge on any atom is -0.489 e. The van der Waals surface area contributed by atoms with Crippen LogP contribution in [0.4, 0.5) is 10.1 Å². The molecular weight excluding hydrogens is 339 g/mol. The molecule has 0 bridgehead atoms. The van der Waals surface area contributed by atoms with Gasteiger partial charge in [-0.1, -0.05) is 0 Å². The highest BCUT2D eigenvalue weighted by atomic mass is 19.1. The topological polar surface area (TPSA) is 90.6 Å². The largest absolute Gasteiger partial charge is 0.489 e. The van der Waals surface area contributed by atoms with Crippen molar-refractivity contribution in [2.45, 2.75) is 6.42 Å². The van der Waals surface area contributed by atoms with Gasteiger partial charge in [0, 0.05) is 24.2 Å². The SMILES string of the molecule is COc1ncc(N2CCc3cc(OC/C(=C/F)CN)ccc3C2=O)cn1. The van der Waals surface area contributed by atoms with Crippen LogP contribution in [0.15, 0.2) is 42.5 Å². The fourth-order valence-electron chi connectivity index (χ4n) is 2.67. The van der Waals surface area contributed by atoms with Crippen LogP contribution in [0.3, 0.4) is 0 Å². The van der Waals surface area contributed by atoms with E-state index in [0.717, 1.165) is 5.56 Å². The summed E-state index contributed by atoms with van der Waals surface area (Å²) in [5.74, 6) is 0.448. The summed E-state index contributed by atoms with van der Waals surface area (Å²) in [5, 5.41) is 0. The lowest BCUT2D eigenvalue weighted by Gasteiger charge is -2.28. The van der Waals surface area contributed by atoms with E-state index in [4.69, 9.17) is 15.2 Å². The van der Waals surface area contributed by atoms with Crippen LogP contribution in [0.1, 0.15) is 15.9 Å². The first-order valence-electron chi connectivity index (χ1n) is 8.08. The molecular formula is C18H19FN4O3. The Balaban J connectivity index is 1.76. The Kier molecular flexibility index (Phi) is 5.43. The molecule has 1 aromatic heterocycles. The van der Waals surface area contributed by atoms with Crippen LogP contribution >= 0.6 is 0 Å². The number of benzene rings is 1. The maximum atomic E-state index is 12.8. The van der Waals surface area contributed by atoms with Gasteiger partial charge in [-0.2, -0.15) is 0 Å². The average molecular weight is 358 g/mol. The van der Waals surface area contributed by atoms with Crippen LogP contribution in [0.2, 0.25) is 0 Å². The number of halogens is 1. The van der Waals surface area contributed by atoms with E-state index in [0.29, 0.717) is 41.9 Å². The van der Waals surface area contributed by atoms with Crippen molar-refractivity contribution in [1.29, 1.82) is 0 Å². The average Bonchev–Trinajstić information content (AvgIpc) is 2.69. The number of ether oxygens (including phenoxy) is 2. The van der Waals surface area contributed by atoms with Gasteiger partial charge in [0.25, 0.3) is 5.91 Å². The molecule has 0 saturated carbocycles. The fourth-order valence-corrected chi connectivity index (χ4v) is 2.67. The van der Waals surface area contributed by atoms with Gasteiger partial charge in [0.05, 0.1) is 31.5 Å². The normalized spacial score (nSPS) is 14.2. The summed E-state index contributed by atoms with van der Waals surface area (Å²) in [4.78, 5) is 22.5. The van der Waals surface area contributed by atoms with Gasteiger partial charge in [-0.05, 0) is 30.2 Å². The molecule has 1 aromatic carbocycles. The fraction of sp³-hybridized carbons (Fsp3) is 0.278. The third-order valence-corrected chi connectivity index (χ3v) is 4.11. The Labute approximate surface area is 150 Å². The molecule has 0 saturated heterocycles. The van der Waals surface area contributed by atoms with Gasteiger partial charge < -0.3 is 20.1 Å². The van der Waals surface area contributed by atoms with Crippen LogP contribution in [0.25, 0.3) is 0 Å². The molecule has 26 heavy (non-hydrogen) atoms. The van der Waals surface area contributed by atoms with E-state index < -0.39 is 0 Å². The number of methoxy groups -OCH3 is 1. The summed E-state index contributed by atoms with van der Waals surface area (Å²) in [7, 11) is 1.48. The molecule has 0 radical (unpaired) electrons. The Morgan fingerprint density at radius 2 is 2.15 bits per heavy atom. The Hall–Kier alpha value is -3.00. The van der Waals surface area contributed by atoms with Crippen LogP contribution < -0.4 is 20.1 Å². The Bertz CT molecular complexity index is 824.